The number of hydrogen-bond acceptors (Lipinski definition) is 5. The standard InChI is InChI=1S/C18H21FN2O5S/c1-14(22)20-10-11-25-18-8-4-16(5-9-18)21-27(23,24)13-12-26-17-6-2-15(19)3-7-17/h2-9,21H,10-13H2,1H3,(H,20,22). The molecule has 0 atom stereocenters. The molecule has 0 fully saturated rings. The van der Waals surface area contributed by atoms with E-state index >= 15 is 0 Å². The van der Waals surface area contributed by atoms with Gasteiger partial charge in [0.25, 0.3) is 0 Å². The minimum Gasteiger partial charge on any atom is -0.492 e. The van der Waals surface area contributed by atoms with Crippen LogP contribution in [0.5, 0.6) is 11.5 Å². The molecular formula is C18H21FN2O5S. The molecule has 1 amide bonds. The van der Waals surface area contributed by atoms with Gasteiger partial charge in [0.15, 0.2) is 0 Å². The lowest BCUT2D eigenvalue weighted by molar-refractivity contribution is -0.119. The van der Waals surface area contributed by atoms with E-state index in [1.807, 2.05) is 0 Å². The summed E-state index contributed by atoms with van der Waals surface area (Å²) in [6.07, 6.45) is 0. The molecule has 9 heteroatoms. The number of amides is 1. The number of anilines is 1. The highest BCUT2D eigenvalue weighted by Crippen LogP contribution is 2.17. The van der Waals surface area contributed by atoms with Crippen molar-refractivity contribution < 1.29 is 27.1 Å². The number of carbonyl (C=O) groups excluding carboxylic acids is 1. The first-order chi connectivity index (χ1) is 12.8. The zero-order chi connectivity index (χ0) is 19.7. The molecule has 7 nitrogen and oxygen atoms in total. The van der Waals surface area contributed by atoms with E-state index < -0.39 is 10.0 Å². The summed E-state index contributed by atoms with van der Waals surface area (Å²) in [7, 11) is -3.59. The topological polar surface area (TPSA) is 93.7 Å². The molecule has 0 bridgehead atoms. The molecular weight excluding hydrogens is 375 g/mol. The summed E-state index contributed by atoms with van der Waals surface area (Å²) >= 11 is 0. The fourth-order valence-corrected chi connectivity index (χ4v) is 2.95. The van der Waals surface area contributed by atoms with Crippen molar-refractivity contribution in [2.24, 2.45) is 0 Å². The highest BCUT2D eigenvalue weighted by molar-refractivity contribution is 7.92. The Morgan fingerprint density at radius 2 is 1.52 bits per heavy atom. The second-order valence-corrected chi connectivity index (χ2v) is 7.42. The quantitative estimate of drug-likeness (QED) is 0.601. The van der Waals surface area contributed by atoms with Gasteiger partial charge in [-0.05, 0) is 48.5 Å². The highest BCUT2D eigenvalue weighted by atomic mass is 32.2. The second kappa shape index (κ2) is 9.77. The van der Waals surface area contributed by atoms with Gasteiger partial charge in [-0.15, -0.1) is 0 Å². The van der Waals surface area contributed by atoms with Crippen molar-refractivity contribution in [2.75, 3.05) is 30.2 Å². The lowest BCUT2D eigenvalue weighted by Crippen LogP contribution is -2.25. The van der Waals surface area contributed by atoms with Gasteiger partial charge in [-0.1, -0.05) is 0 Å². The van der Waals surface area contributed by atoms with Crippen LogP contribution >= 0.6 is 0 Å². The van der Waals surface area contributed by atoms with Crippen molar-refractivity contribution in [1.82, 2.24) is 5.32 Å². The first kappa shape index (κ1) is 20.5. The monoisotopic (exact) mass is 396 g/mol. The van der Waals surface area contributed by atoms with E-state index in [4.69, 9.17) is 9.47 Å². The van der Waals surface area contributed by atoms with Crippen molar-refractivity contribution >= 4 is 21.6 Å². The second-order valence-electron chi connectivity index (χ2n) is 5.58. The predicted octanol–water partition coefficient (Wildman–Crippen LogP) is 2.16. The molecule has 0 saturated carbocycles. The molecule has 2 rings (SSSR count). The smallest absolute Gasteiger partial charge is 0.236 e. The SMILES string of the molecule is CC(=O)NCCOc1ccc(NS(=O)(=O)CCOc2ccc(F)cc2)cc1. The normalized spacial score (nSPS) is 10.9. The fraction of sp³-hybridized carbons (Fsp3) is 0.278. The number of rotatable bonds is 10. The van der Waals surface area contributed by atoms with E-state index in [0.29, 0.717) is 30.3 Å². The van der Waals surface area contributed by atoms with E-state index in [1.165, 1.54) is 31.2 Å². The van der Waals surface area contributed by atoms with Crippen LogP contribution in [0.1, 0.15) is 6.92 Å². The van der Waals surface area contributed by atoms with E-state index in [0.717, 1.165) is 0 Å². The molecule has 0 aliphatic heterocycles. The maximum atomic E-state index is 12.8. The lowest BCUT2D eigenvalue weighted by Gasteiger charge is -2.11. The van der Waals surface area contributed by atoms with Crippen molar-refractivity contribution in [3.8, 4) is 11.5 Å². The van der Waals surface area contributed by atoms with Crippen LogP contribution in [0.15, 0.2) is 48.5 Å². The van der Waals surface area contributed by atoms with Gasteiger partial charge in [0.2, 0.25) is 15.9 Å². The number of halogens is 1. The van der Waals surface area contributed by atoms with E-state index in [-0.39, 0.29) is 24.1 Å². The minimum absolute atomic E-state index is 0.0642. The van der Waals surface area contributed by atoms with Crippen LogP contribution in [-0.4, -0.2) is 39.8 Å². The zero-order valence-electron chi connectivity index (χ0n) is 14.8. The van der Waals surface area contributed by atoms with Gasteiger partial charge >= 0.3 is 0 Å². The third-order valence-electron chi connectivity index (χ3n) is 3.31. The van der Waals surface area contributed by atoms with Crippen molar-refractivity contribution in [2.45, 2.75) is 6.92 Å². The molecule has 146 valence electrons. The zero-order valence-corrected chi connectivity index (χ0v) is 15.6. The molecule has 0 saturated heterocycles. The van der Waals surface area contributed by atoms with Gasteiger partial charge in [0.05, 0.1) is 6.54 Å². The Labute approximate surface area is 157 Å². The first-order valence-electron chi connectivity index (χ1n) is 8.20. The molecule has 2 aromatic rings. The Balaban J connectivity index is 1.77. The maximum Gasteiger partial charge on any atom is 0.236 e. The Morgan fingerprint density at radius 1 is 0.963 bits per heavy atom. The Kier molecular flexibility index (Phi) is 7.42. The van der Waals surface area contributed by atoms with Crippen molar-refractivity contribution in [3.63, 3.8) is 0 Å². The first-order valence-corrected chi connectivity index (χ1v) is 9.85. The molecule has 0 aromatic heterocycles. The van der Waals surface area contributed by atoms with Gasteiger partial charge < -0.3 is 14.8 Å². The van der Waals surface area contributed by atoms with Crippen LogP contribution in [-0.2, 0) is 14.8 Å². The number of benzene rings is 2. The van der Waals surface area contributed by atoms with Crippen LogP contribution in [0.25, 0.3) is 0 Å². The maximum absolute atomic E-state index is 12.8. The van der Waals surface area contributed by atoms with Gasteiger partial charge in [-0.2, -0.15) is 0 Å². The fourth-order valence-electron chi connectivity index (χ4n) is 2.05. The third kappa shape index (κ3) is 7.95. The third-order valence-corrected chi connectivity index (χ3v) is 4.56. The molecule has 0 radical (unpaired) electrons. The number of ether oxygens (including phenoxy) is 2. The Bertz CT molecular complexity index is 839. The summed E-state index contributed by atoms with van der Waals surface area (Å²) in [5, 5.41) is 2.61. The summed E-state index contributed by atoms with van der Waals surface area (Å²) in [6, 6.07) is 11.7. The van der Waals surface area contributed by atoms with Crippen LogP contribution in [0.4, 0.5) is 10.1 Å². The van der Waals surface area contributed by atoms with Gasteiger partial charge in [-0.25, -0.2) is 12.8 Å². The average Bonchev–Trinajstić information content (AvgIpc) is 2.61. The van der Waals surface area contributed by atoms with E-state index in [9.17, 15) is 17.6 Å². The van der Waals surface area contributed by atoms with Gasteiger partial charge in [-0.3, -0.25) is 9.52 Å². The molecule has 0 aliphatic carbocycles. The summed E-state index contributed by atoms with van der Waals surface area (Å²) in [5.74, 6) is 0.181. The predicted molar refractivity (Wildman–Crippen MR) is 99.9 cm³/mol. The molecule has 0 aliphatic rings. The summed E-state index contributed by atoms with van der Waals surface area (Å²) in [4.78, 5) is 10.7. The van der Waals surface area contributed by atoms with Crippen LogP contribution in [0.2, 0.25) is 0 Å². The molecule has 0 spiro atoms. The van der Waals surface area contributed by atoms with Crippen LogP contribution in [0.3, 0.4) is 0 Å². The Morgan fingerprint density at radius 3 is 2.11 bits per heavy atom. The lowest BCUT2D eigenvalue weighted by atomic mass is 10.3. The summed E-state index contributed by atoms with van der Waals surface area (Å²) in [6.45, 7) is 2.06. The number of sulfonamides is 1. The van der Waals surface area contributed by atoms with Crippen LogP contribution < -0.4 is 19.5 Å². The average molecular weight is 396 g/mol. The number of nitrogens with one attached hydrogen (secondary N) is 2. The molecule has 27 heavy (non-hydrogen) atoms. The summed E-state index contributed by atoms with van der Waals surface area (Å²) in [5.41, 5.74) is 0.394. The Hall–Kier alpha value is -2.81. The molecule has 2 N–H and O–H groups in total. The van der Waals surface area contributed by atoms with Crippen LogP contribution in [0, 0.1) is 5.82 Å². The molecule has 0 heterocycles. The number of hydrogen-bond donors (Lipinski definition) is 2. The van der Waals surface area contributed by atoms with Gasteiger partial charge in [0.1, 0.15) is 36.3 Å². The molecule has 2 aromatic carbocycles. The highest BCUT2D eigenvalue weighted by Gasteiger charge is 2.11. The van der Waals surface area contributed by atoms with Crippen molar-refractivity contribution in [1.29, 1.82) is 0 Å². The summed E-state index contributed by atoms with van der Waals surface area (Å²) < 4.78 is 50.1. The molecule has 0 unspecified atom stereocenters. The largest absolute Gasteiger partial charge is 0.492 e. The van der Waals surface area contributed by atoms with E-state index in [2.05, 4.69) is 10.0 Å². The minimum atomic E-state index is -3.59. The van der Waals surface area contributed by atoms with E-state index in [1.54, 1.807) is 24.3 Å². The van der Waals surface area contributed by atoms with Gasteiger partial charge in [0, 0.05) is 12.6 Å². The number of carbonyl (C=O) groups is 1. The van der Waals surface area contributed by atoms with Crippen molar-refractivity contribution in [3.05, 3.63) is 54.3 Å².